The predicted octanol–water partition coefficient (Wildman–Crippen LogP) is 11.7. The molecule has 0 aliphatic carbocycles. The van der Waals surface area contributed by atoms with Crippen LogP contribution in [0.5, 0.6) is 0 Å². The van der Waals surface area contributed by atoms with E-state index in [0.717, 1.165) is 112 Å². The molecule has 0 unspecified atom stereocenters. The number of allylic oxidation sites excluding steroid dienone is 4. The van der Waals surface area contributed by atoms with Gasteiger partial charge in [0, 0.05) is 38.4 Å². The molecule has 276 valence electrons. The number of aryl methyl sites for hydroxylation is 2. The molecular weight excluding hydrogens is 799 g/mol. The average molecular weight is 831 g/mol. The molecular formula is C48H32N6O2Pd. The Morgan fingerprint density at radius 3 is 1.77 bits per heavy atom. The molecule has 4 aromatic carbocycles. The van der Waals surface area contributed by atoms with E-state index in [-0.39, 0.29) is 20.4 Å². The van der Waals surface area contributed by atoms with E-state index in [2.05, 4.69) is 50.1 Å². The van der Waals surface area contributed by atoms with Gasteiger partial charge in [-0.25, -0.2) is 4.85 Å². The van der Waals surface area contributed by atoms with Crippen LogP contribution in [-0.2, 0) is 20.4 Å². The third kappa shape index (κ3) is 6.50. The molecule has 57 heavy (non-hydrogen) atoms. The summed E-state index contributed by atoms with van der Waals surface area (Å²) in [6.45, 7) is 15.0. The first-order valence-electron chi connectivity index (χ1n) is 18.1. The first kappa shape index (κ1) is 36.9. The fourth-order valence-electron chi connectivity index (χ4n) is 7.41. The summed E-state index contributed by atoms with van der Waals surface area (Å²) in [5, 5.41) is 13.7. The maximum Gasteiger partial charge on any atom is 2.00 e. The number of hydrogen-bond donors (Lipinski definition) is 0. The molecule has 0 amide bonds. The van der Waals surface area contributed by atoms with Crippen molar-refractivity contribution >= 4 is 72.1 Å². The number of para-hydroxylation sites is 4. The van der Waals surface area contributed by atoms with Crippen LogP contribution in [0.25, 0.3) is 59.9 Å². The molecule has 0 spiro atoms. The summed E-state index contributed by atoms with van der Waals surface area (Å²) < 4.78 is 12.5. The van der Waals surface area contributed by atoms with Gasteiger partial charge in [-0.15, -0.1) is 11.4 Å². The van der Waals surface area contributed by atoms with Gasteiger partial charge >= 0.3 is 20.4 Å². The zero-order valence-corrected chi connectivity index (χ0v) is 32.9. The van der Waals surface area contributed by atoms with Gasteiger partial charge in [0.2, 0.25) is 0 Å². The molecule has 4 aromatic heterocycles. The molecule has 8 aromatic rings. The molecule has 0 radical (unpaired) electrons. The van der Waals surface area contributed by atoms with Crippen LogP contribution in [0.15, 0.2) is 157 Å². The minimum absolute atomic E-state index is 0. The Morgan fingerprint density at radius 1 is 0.667 bits per heavy atom. The van der Waals surface area contributed by atoms with Crippen LogP contribution in [0, 0.1) is 31.8 Å². The van der Waals surface area contributed by atoms with E-state index in [4.69, 9.17) is 20.4 Å². The van der Waals surface area contributed by atoms with E-state index < -0.39 is 0 Å². The fraction of sp³-hybridized carbons (Fsp3) is 0.0833. The smallest absolute Gasteiger partial charge is 0.671 e. The van der Waals surface area contributed by atoms with E-state index in [1.807, 2.05) is 125 Å². The van der Waals surface area contributed by atoms with Crippen molar-refractivity contribution in [2.75, 3.05) is 0 Å². The molecule has 0 saturated heterocycles. The molecule has 0 N–H and O–H groups in total. The summed E-state index contributed by atoms with van der Waals surface area (Å²) in [6.07, 6.45) is 5.81. The number of rotatable bonds is 4. The first-order chi connectivity index (χ1) is 27.3. The summed E-state index contributed by atoms with van der Waals surface area (Å²) in [4.78, 5) is 22.3. The van der Waals surface area contributed by atoms with Crippen molar-refractivity contribution in [3.63, 3.8) is 0 Å². The molecule has 0 atom stereocenters. The second kappa shape index (κ2) is 14.9. The van der Waals surface area contributed by atoms with Crippen LogP contribution in [-0.4, -0.2) is 11.4 Å². The minimum atomic E-state index is 0. The number of furan rings is 2. The fourth-order valence-corrected chi connectivity index (χ4v) is 7.41. The molecule has 8 nitrogen and oxygen atoms in total. The SMILES string of the molecule is CC1=N/C(=C(\c2ccc(C)[n-]2)c2cccc3c2oc2ccccc23)C=C1C#N.[C-]#[N+]c1cc(/C(=C2/C=CC(C)=N2)c2cccc3c2oc2ccccc23)[n-]c1C.[Pd+2]. The number of aromatic nitrogens is 2. The molecule has 10 rings (SSSR count). The molecule has 9 heteroatoms. The van der Waals surface area contributed by atoms with Crippen molar-refractivity contribution < 1.29 is 29.3 Å². The van der Waals surface area contributed by atoms with Gasteiger partial charge in [0.05, 0.1) is 29.3 Å². The molecule has 2 aliphatic heterocycles. The maximum atomic E-state index is 9.39. The van der Waals surface area contributed by atoms with Gasteiger partial charge in [-0.05, 0) is 55.4 Å². The second-order valence-corrected chi connectivity index (χ2v) is 13.7. The number of aliphatic imine (C=N–C) groups is 2. The Hall–Kier alpha value is -7.02. The number of fused-ring (bicyclic) bond motifs is 6. The van der Waals surface area contributed by atoms with E-state index in [1.54, 1.807) is 0 Å². The molecule has 6 heterocycles. The van der Waals surface area contributed by atoms with Gasteiger partial charge in [-0.3, -0.25) is 9.98 Å². The van der Waals surface area contributed by atoms with Gasteiger partial charge in [-0.1, -0.05) is 105 Å². The standard InChI is InChI=1S/2C24H16N3O.Pd/c1-14-11-12-19(26-14)23(21-13-20(25-3)15(2)27-21)18-9-6-8-17-16-7-4-5-10-22(16)28-24(17)18;1-14-10-11-20(26-14)23(21-12-16(13-25)15(2)27-21)19-8-5-7-18-17-6-3-4-9-22(17)28-24(18)19;/h4-13H,1-2H3;3-12H,1-2H3;/q2*-1;+2/b23-19-;23-21-;. The van der Waals surface area contributed by atoms with Gasteiger partial charge in [0.25, 0.3) is 0 Å². The second-order valence-electron chi connectivity index (χ2n) is 13.7. The Labute approximate surface area is 342 Å². The van der Waals surface area contributed by atoms with Crippen molar-refractivity contribution in [1.29, 1.82) is 5.26 Å². The van der Waals surface area contributed by atoms with E-state index >= 15 is 0 Å². The van der Waals surface area contributed by atoms with Crippen LogP contribution in [0.3, 0.4) is 0 Å². The van der Waals surface area contributed by atoms with Gasteiger partial charge < -0.3 is 18.8 Å². The first-order valence-corrected chi connectivity index (χ1v) is 18.1. The zero-order chi connectivity index (χ0) is 38.5. The maximum absolute atomic E-state index is 9.39. The number of nitrogens with zero attached hydrogens (tertiary/aromatic N) is 6. The van der Waals surface area contributed by atoms with E-state index in [9.17, 15) is 5.26 Å². The third-order valence-corrected chi connectivity index (χ3v) is 10.1. The molecule has 0 saturated carbocycles. The molecule has 0 fully saturated rings. The van der Waals surface area contributed by atoms with Gasteiger partial charge in [0.15, 0.2) is 5.69 Å². The van der Waals surface area contributed by atoms with Crippen LogP contribution in [0.2, 0.25) is 0 Å². The Balaban J connectivity index is 0.000000157. The largest absolute Gasteiger partial charge is 2.00 e. The Bertz CT molecular complexity index is 3210. The van der Waals surface area contributed by atoms with Crippen molar-refractivity contribution in [3.8, 4) is 6.07 Å². The van der Waals surface area contributed by atoms with Crippen molar-refractivity contribution in [2.24, 2.45) is 9.98 Å². The summed E-state index contributed by atoms with van der Waals surface area (Å²) in [6, 6.07) is 36.3. The predicted molar refractivity (Wildman–Crippen MR) is 224 cm³/mol. The summed E-state index contributed by atoms with van der Waals surface area (Å²) in [5.74, 6) is 0. The monoisotopic (exact) mass is 830 g/mol. The number of hydrogen-bond acceptors (Lipinski definition) is 5. The van der Waals surface area contributed by atoms with Crippen molar-refractivity contribution in [2.45, 2.75) is 27.7 Å². The van der Waals surface area contributed by atoms with Crippen LogP contribution < -0.4 is 9.97 Å². The third-order valence-electron chi connectivity index (χ3n) is 10.1. The van der Waals surface area contributed by atoms with Crippen LogP contribution >= 0.6 is 0 Å². The van der Waals surface area contributed by atoms with Gasteiger partial charge in [-0.2, -0.15) is 16.6 Å². The minimum Gasteiger partial charge on any atom is -0.671 e. The van der Waals surface area contributed by atoms with Crippen molar-refractivity contribution in [1.82, 2.24) is 9.97 Å². The van der Waals surface area contributed by atoms with E-state index in [0.29, 0.717) is 11.3 Å². The summed E-state index contributed by atoms with van der Waals surface area (Å²) in [5.41, 5.74) is 14.5. The van der Waals surface area contributed by atoms with Crippen LogP contribution in [0.4, 0.5) is 5.69 Å². The number of nitriles is 1. The number of benzene rings is 4. The summed E-state index contributed by atoms with van der Waals surface area (Å²) in [7, 11) is 0. The Morgan fingerprint density at radius 2 is 1.26 bits per heavy atom. The molecule has 2 aliphatic rings. The van der Waals surface area contributed by atoms with Crippen LogP contribution in [0.1, 0.15) is 47.8 Å². The quantitative estimate of drug-likeness (QED) is 0.130. The van der Waals surface area contributed by atoms with Gasteiger partial charge in [0.1, 0.15) is 28.4 Å². The normalized spacial score (nSPS) is 15.2. The average Bonchev–Trinajstić information content (AvgIpc) is 4.07. The topological polar surface area (TPSA) is 107 Å². The Kier molecular flexibility index (Phi) is 9.66. The zero-order valence-electron chi connectivity index (χ0n) is 31.4. The van der Waals surface area contributed by atoms with Crippen molar-refractivity contribution in [3.05, 3.63) is 184 Å². The van der Waals surface area contributed by atoms with E-state index in [1.165, 1.54) is 0 Å². The summed E-state index contributed by atoms with van der Waals surface area (Å²) >= 11 is 0. The molecule has 0 bridgehead atoms.